The zero-order chi connectivity index (χ0) is 22.5. The molecule has 0 spiro atoms. The number of carbonyl (C=O) groups is 2. The van der Waals surface area contributed by atoms with E-state index in [1.165, 1.54) is 14.2 Å². The Morgan fingerprint density at radius 1 is 0.800 bits per heavy atom. The molecule has 1 heterocycles. The Morgan fingerprint density at radius 2 is 1.23 bits per heavy atom. The van der Waals surface area contributed by atoms with Gasteiger partial charge in [0.25, 0.3) is 0 Å². The van der Waals surface area contributed by atoms with Gasteiger partial charge in [-0.3, -0.25) is 0 Å². The van der Waals surface area contributed by atoms with Crippen molar-refractivity contribution in [1.29, 1.82) is 0 Å². The molecule has 1 fully saturated rings. The number of esters is 2. The fourth-order valence-corrected chi connectivity index (χ4v) is 3.15. The summed E-state index contributed by atoms with van der Waals surface area (Å²) >= 11 is 3.24. The summed E-state index contributed by atoms with van der Waals surface area (Å²) in [5.74, 6) is -0.706. The van der Waals surface area contributed by atoms with E-state index < -0.39 is 18.3 Å². The highest BCUT2D eigenvalue weighted by Gasteiger charge is 2.52. The number of hydrogen-bond donors (Lipinski definition) is 0. The SMILES string of the molecule is COC(=O)c1ccccc1B1OC(C)(C)C(C)(C)O1.COC(=O)c1ccccc1Br. The molecule has 0 unspecified atom stereocenters. The van der Waals surface area contributed by atoms with Crippen LogP contribution >= 0.6 is 15.9 Å². The number of methoxy groups -OCH3 is 2. The van der Waals surface area contributed by atoms with Crippen LogP contribution in [0.3, 0.4) is 0 Å². The standard InChI is InChI=1S/C14H19BO4.C8H7BrO2/c1-13(2)14(3,4)19-15(18-13)11-9-7-6-8-10(11)12(16)17-5;1-11-8(10)6-4-2-3-5-7(6)9/h6-9H,1-5H3;2-5H,1H3. The second-order valence-electron chi connectivity index (χ2n) is 7.64. The van der Waals surface area contributed by atoms with Crippen LogP contribution in [0.1, 0.15) is 48.4 Å². The van der Waals surface area contributed by atoms with Crippen molar-refractivity contribution in [2.24, 2.45) is 0 Å². The summed E-state index contributed by atoms with van der Waals surface area (Å²) in [5.41, 5.74) is 0.869. The zero-order valence-electron chi connectivity index (χ0n) is 18.0. The van der Waals surface area contributed by atoms with Gasteiger partial charge in [0.05, 0.1) is 36.5 Å². The highest BCUT2D eigenvalue weighted by molar-refractivity contribution is 9.10. The predicted octanol–water partition coefficient (Wildman–Crippen LogP) is 4.01. The van der Waals surface area contributed by atoms with E-state index in [-0.39, 0.29) is 11.9 Å². The van der Waals surface area contributed by atoms with Crippen molar-refractivity contribution in [3.8, 4) is 0 Å². The largest absolute Gasteiger partial charge is 0.495 e. The molecule has 0 atom stereocenters. The quantitative estimate of drug-likeness (QED) is 0.492. The van der Waals surface area contributed by atoms with E-state index in [0.29, 0.717) is 16.6 Å². The number of ether oxygens (including phenoxy) is 2. The van der Waals surface area contributed by atoms with E-state index in [1.54, 1.807) is 30.3 Å². The molecule has 8 heteroatoms. The molecule has 0 aromatic heterocycles. The first-order valence-corrected chi connectivity index (χ1v) is 10.2. The van der Waals surface area contributed by atoms with Gasteiger partial charge in [0.15, 0.2) is 0 Å². The zero-order valence-corrected chi connectivity index (χ0v) is 19.6. The Morgan fingerprint density at radius 3 is 1.73 bits per heavy atom. The third-order valence-electron chi connectivity index (χ3n) is 5.15. The molecule has 160 valence electrons. The highest BCUT2D eigenvalue weighted by atomic mass is 79.9. The van der Waals surface area contributed by atoms with E-state index >= 15 is 0 Å². The molecular formula is C22H26BBrO6. The summed E-state index contributed by atoms with van der Waals surface area (Å²) < 4.78 is 22.0. The molecule has 3 rings (SSSR count). The Kier molecular flexibility index (Phi) is 7.85. The molecule has 6 nitrogen and oxygen atoms in total. The summed E-state index contributed by atoms with van der Waals surface area (Å²) in [5, 5.41) is 0. The van der Waals surface area contributed by atoms with Gasteiger partial charge in [0.2, 0.25) is 0 Å². The molecule has 2 aromatic rings. The summed E-state index contributed by atoms with van der Waals surface area (Å²) in [6.07, 6.45) is 0. The van der Waals surface area contributed by atoms with Crippen molar-refractivity contribution in [3.05, 3.63) is 64.1 Å². The number of carbonyl (C=O) groups excluding carboxylic acids is 2. The Labute approximate surface area is 186 Å². The van der Waals surface area contributed by atoms with Gasteiger partial charge in [-0.15, -0.1) is 0 Å². The second kappa shape index (κ2) is 9.77. The molecule has 2 aromatic carbocycles. The van der Waals surface area contributed by atoms with E-state index in [1.807, 2.05) is 45.9 Å². The van der Waals surface area contributed by atoms with Crippen LogP contribution in [0.25, 0.3) is 0 Å². The minimum Gasteiger partial charge on any atom is -0.465 e. The highest BCUT2D eigenvalue weighted by Crippen LogP contribution is 2.36. The molecule has 0 bridgehead atoms. The average molecular weight is 477 g/mol. The van der Waals surface area contributed by atoms with Crippen molar-refractivity contribution in [2.75, 3.05) is 14.2 Å². The first-order valence-electron chi connectivity index (χ1n) is 9.40. The average Bonchev–Trinajstić information content (AvgIpc) is 2.94. The number of halogens is 1. The summed E-state index contributed by atoms with van der Waals surface area (Å²) in [4.78, 5) is 22.8. The fraction of sp³-hybridized carbons (Fsp3) is 0.364. The van der Waals surface area contributed by atoms with Crippen LogP contribution in [0, 0.1) is 0 Å². The lowest BCUT2D eigenvalue weighted by molar-refractivity contribution is 0.00578. The second-order valence-corrected chi connectivity index (χ2v) is 8.49. The lowest BCUT2D eigenvalue weighted by atomic mass is 9.76. The van der Waals surface area contributed by atoms with Gasteiger partial charge in [-0.1, -0.05) is 30.3 Å². The monoisotopic (exact) mass is 476 g/mol. The van der Waals surface area contributed by atoms with E-state index in [9.17, 15) is 9.59 Å². The number of rotatable bonds is 3. The van der Waals surface area contributed by atoms with Crippen LogP contribution in [0.4, 0.5) is 0 Å². The molecule has 0 radical (unpaired) electrons. The van der Waals surface area contributed by atoms with E-state index in [2.05, 4.69) is 20.7 Å². The van der Waals surface area contributed by atoms with E-state index in [4.69, 9.17) is 14.0 Å². The topological polar surface area (TPSA) is 71.1 Å². The van der Waals surface area contributed by atoms with Gasteiger partial charge < -0.3 is 18.8 Å². The van der Waals surface area contributed by atoms with Crippen molar-refractivity contribution in [2.45, 2.75) is 38.9 Å². The number of benzene rings is 2. The third kappa shape index (κ3) is 5.30. The van der Waals surface area contributed by atoms with Gasteiger partial charge in [0, 0.05) is 4.47 Å². The van der Waals surface area contributed by atoms with Crippen molar-refractivity contribution in [3.63, 3.8) is 0 Å². The molecular weight excluding hydrogens is 451 g/mol. The summed E-state index contributed by atoms with van der Waals surface area (Å²) in [7, 11) is 2.17. The van der Waals surface area contributed by atoms with Crippen LogP contribution in [-0.2, 0) is 18.8 Å². The first kappa shape index (κ1) is 24.1. The molecule has 1 saturated heterocycles. The molecule has 0 aliphatic carbocycles. The predicted molar refractivity (Wildman–Crippen MR) is 119 cm³/mol. The maximum atomic E-state index is 11.8. The summed E-state index contributed by atoms with van der Waals surface area (Å²) in [6.45, 7) is 7.92. The molecule has 0 saturated carbocycles. The fourth-order valence-electron chi connectivity index (χ4n) is 2.71. The van der Waals surface area contributed by atoms with Gasteiger partial charge in [-0.05, 0) is 67.3 Å². The molecule has 30 heavy (non-hydrogen) atoms. The summed E-state index contributed by atoms with van der Waals surface area (Å²) in [6, 6.07) is 14.3. The van der Waals surface area contributed by atoms with Crippen LogP contribution in [-0.4, -0.2) is 44.5 Å². The van der Waals surface area contributed by atoms with Gasteiger partial charge in [-0.2, -0.15) is 0 Å². The minimum absolute atomic E-state index is 0.322. The molecule has 0 amide bonds. The van der Waals surface area contributed by atoms with Crippen LogP contribution < -0.4 is 5.46 Å². The smallest absolute Gasteiger partial charge is 0.465 e. The molecule has 1 aliphatic heterocycles. The number of hydrogen-bond acceptors (Lipinski definition) is 6. The van der Waals surface area contributed by atoms with Crippen molar-refractivity contribution < 1.29 is 28.4 Å². The Balaban J connectivity index is 0.000000248. The van der Waals surface area contributed by atoms with Gasteiger partial charge in [0.1, 0.15) is 0 Å². The van der Waals surface area contributed by atoms with Crippen molar-refractivity contribution >= 4 is 40.4 Å². The normalized spacial score (nSPS) is 16.3. The minimum atomic E-state index is -0.555. The lowest BCUT2D eigenvalue weighted by Gasteiger charge is -2.32. The van der Waals surface area contributed by atoms with Gasteiger partial charge >= 0.3 is 19.1 Å². The maximum absolute atomic E-state index is 11.8. The first-order chi connectivity index (χ1) is 14.0. The molecule has 0 N–H and O–H groups in total. The van der Waals surface area contributed by atoms with Gasteiger partial charge in [-0.25, -0.2) is 9.59 Å². The van der Waals surface area contributed by atoms with Crippen LogP contribution in [0.2, 0.25) is 0 Å². The lowest BCUT2D eigenvalue weighted by Crippen LogP contribution is -2.41. The Bertz CT molecular complexity index is 896. The third-order valence-corrected chi connectivity index (χ3v) is 5.84. The maximum Gasteiger partial charge on any atom is 0.495 e. The van der Waals surface area contributed by atoms with E-state index in [0.717, 1.165) is 4.47 Å². The molecule has 1 aliphatic rings. The van der Waals surface area contributed by atoms with Crippen LogP contribution in [0.5, 0.6) is 0 Å². The Hall–Kier alpha value is -2.16. The van der Waals surface area contributed by atoms with Crippen LogP contribution in [0.15, 0.2) is 53.0 Å². The van der Waals surface area contributed by atoms with Crippen molar-refractivity contribution in [1.82, 2.24) is 0 Å².